The van der Waals surface area contributed by atoms with Crippen LogP contribution in [-0.2, 0) is 18.3 Å². The van der Waals surface area contributed by atoms with Crippen molar-refractivity contribution in [2.45, 2.75) is 6.42 Å². The molecular formula is C12H10INO3. The lowest BCUT2D eigenvalue weighted by Gasteiger charge is -2.10. The Hall–Kier alpha value is -1.37. The molecule has 0 aliphatic heterocycles. The van der Waals surface area contributed by atoms with Gasteiger partial charge in [0.15, 0.2) is 5.43 Å². The van der Waals surface area contributed by atoms with E-state index in [0.29, 0.717) is 11.1 Å². The number of fused-ring (bicyclic) bond motifs is 1. The Morgan fingerprint density at radius 1 is 1.41 bits per heavy atom. The number of carbonyl (C=O) groups is 1. The van der Waals surface area contributed by atoms with E-state index in [1.807, 2.05) is 18.2 Å². The normalized spacial score (nSPS) is 10.7. The van der Waals surface area contributed by atoms with Crippen LogP contribution >= 0.6 is 22.6 Å². The molecule has 0 fully saturated rings. The first-order valence-corrected chi connectivity index (χ1v) is 6.07. The van der Waals surface area contributed by atoms with Crippen LogP contribution in [0.4, 0.5) is 0 Å². The first kappa shape index (κ1) is 12.1. The van der Waals surface area contributed by atoms with E-state index in [0.717, 1.165) is 9.09 Å². The van der Waals surface area contributed by atoms with Gasteiger partial charge >= 0.3 is 5.97 Å². The summed E-state index contributed by atoms with van der Waals surface area (Å²) in [5, 5.41) is 9.40. The molecule has 0 amide bonds. The molecule has 0 spiro atoms. The van der Waals surface area contributed by atoms with Gasteiger partial charge in [-0.2, -0.15) is 0 Å². The molecule has 1 N–H and O–H groups in total. The average molecular weight is 343 g/mol. The number of benzene rings is 1. The Bertz CT molecular complexity index is 661. The molecule has 0 atom stereocenters. The summed E-state index contributed by atoms with van der Waals surface area (Å²) < 4.78 is 2.74. The van der Waals surface area contributed by atoms with Crippen molar-refractivity contribution in [1.29, 1.82) is 0 Å². The molecule has 1 aromatic carbocycles. The second-order valence-corrected chi connectivity index (χ2v) is 5.04. The lowest BCUT2D eigenvalue weighted by Crippen LogP contribution is -2.14. The fourth-order valence-electron chi connectivity index (χ4n) is 1.80. The first-order chi connectivity index (χ1) is 7.99. The SMILES string of the molecule is Cn1c(CC(=O)O)cc(=O)c2cc(I)ccc21. The van der Waals surface area contributed by atoms with Crippen molar-refractivity contribution in [2.24, 2.45) is 7.05 Å². The van der Waals surface area contributed by atoms with Gasteiger partial charge in [0.05, 0.1) is 11.9 Å². The van der Waals surface area contributed by atoms with Crippen molar-refractivity contribution < 1.29 is 9.90 Å². The van der Waals surface area contributed by atoms with Crippen molar-refractivity contribution in [1.82, 2.24) is 4.57 Å². The number of aliphatic carboxylic acids is 1. The molecule has 0 bridgehead atoms. The highest BCUT2D eigenvalue weighted by molar-refractivity contribution is 14.1. The van der Waals surface area contributed by atoms with Crippen LogP contribution in [0, 0.1) is 3.57 Å². The van der Waals surface area contributed by atoms with Crippen molar-refractivity contribution in [3.05, 3.63) is 43.8 Å². The summed E-state index contributed by atoms with van der Waals surface area (Å²) in [5.41, 5.74) is 1.14. The number of aryl methyl sites for hydroxylation is 1. The zero-order chi connectivity index (χ0) is 12.6. The fourth-order valence-corrected chi connectivity index (χ4v) is 2.29. The lowest BCUT2D eigenvalue weighted by molar-refractivity contribution is -0.136. The number of pyridine rings is 1. The standard InChI is InChI=1S/C12H10INO3/c1-14-8(6-12(16)17)5-11(15)9-4-7(13)2-3-10(9)14/h2-5H,6H2,1H3,(H,16,17). The summed E-state index contributed by atoms with van der Waals surface area (Å²) in [4.78, 5) is 22.6. The van der Waals surface area contributed by atoms with Gasteiger partial charge in [-0.3, -0.25) is 9.59 Å². The quantitative estimate of drug-likeness (QED) is 0.846. The molecule has 0 aliphatic carbocycles. The van der Waals surface area contributed by atoms with Crippen molar-refractivity contribution >= 4 is 39.5 Å². The number of halogens is 1. The van der Waals surface area contributed by atoms with Gasteiger partial charge in [-0.05, 0) is 40.8 Å². The van der Waals surface area contributed by atoms with Crippen LogP contribution in [0.3, 0.4) is 0 Å². The van der Waals surface area contributed by atoms with E-state index in [4.69, 9.17) is 5.11 Å². The zero-order valence-electron chi connectivity index (χ0n) is 9.11. The van der Waals surface area contributed by atoms with Crippen LogP contribution in [0.1, 0.15) is 5.69 Å². The topological polar surface area (TPSA) is 59.3 Å². The first-order valence-electron chi connectivity index (χ1n) is 4.99. The third-order valence-corrected chi connectivity index (χ3v) is 3.32. The minimum atomic E-state index is -0.940. The maximum absolute atomic E-state index is 11.9. The van der Waals surface area contributed by atoms with E-state index < -0.39 is 5.97 Å². The Morgan fingerprint density at radius 3 is 2.76 bits per heavy atom. The molecule has 0 unspecified atom stereocenters. The van der Waals surface area contributed by atoms with Crippen molar-refractivity contribution in [2.75, 3.05) is 0 Å². The highest BCUT2D eigenvalue weighted by atomic mass is 127. The van der Waals surface area contributed by atoms with Gasteiger partial charge in [-0.1, -0.05) is 0 Å². The van der Waals surface area contributed by atoms with Gasteiger partial charge in [0.2, 0.25) is 0 Å². The Labute approximate surface area is 111 Å². The number of carboxylic acids is 1. The molecule has 0 saturated heterocycles. The van der Waals surface area contributed by atoms with Gasteiger partial charge in [0.25, 0.3) is 0 Å². The van der Waals surface area contributed by atoms with E-state index in [-0.39, 0.29) is 11.8 Å². The molecule has 1 heterocycles. The predicted molar refractivity (Wildman–Crippen MR) is 73.2 cm³/mol. The molecule has 2 aromatic rings. The smallest absolute Gasteiger partial charge is 0.309 e. The number of hydrogen-bond donors (Lipinski definition) is 1. The monoisotopic (exact) mass is 343 g/mol. The highest BCUT2D eigenvalue weighted by Crippen LogP contribution is 2.15. The van der Waals surface area contributed by atoms with E-state index >= 15 is 0 Å². The van der Waals surface area contributed by atoms with Crippen LogP contribution in [0.15, 0.2) is 29.1 Å². The number of aromatic nitrogens is 1. The molecule has 5 heteroatoms. The summed E-state index contributed by atoms with van der Waals surface area (Å²) in [5.74, 6) is -0.940. The summed E-state index contributed by atoms with van der Waals surface area (Å²) in [6.45, 7) is 0. The third kappa shape index (κ3) is 2.33. The molecule has 17 heavy (non-hydrogen) atoms. The summed E-state index contributed by atoms with van der Waals surface area (Å²) in [7, 11) is 1.77. The largest absolute Gasteiger partial charge is 0.481 e. The van der Waals surface area contributed by atoms with E-state index in [1.54, 1.807) is 11.6 Å². The molecule has 88 valence electrons. The van der Waals surface area contributed by atoms with Crippen molar-refractivity contribution in [3.8, 4) is 0 Å². The Morgan fingerprint density at radius 2 is 2.12 bits per heavy atom. The molecule has 1 aromatic heterocycles. The van der Waals surface area contributed by atoms with Crippen LogP contribution < -0.4 is 5.43 Å². The summed E-state index contributed by atoms with van der Waals surface area (Å²) >= 11 is 2.14. The molecule has 4 nitrogen and oxygen atoms in total. The predicted octanol–water partition coefficient (Wildman–Crippen LogP) is 1.77. The van der Waals surface area contributed by atoms with E-state index in [2.05, 4.69) is 22.6 Å². The summed E-state index contributed by atoms with van der Waals surface area (Å²) in [6.07, 6.45) is -0.145. The molecule has 0 aliphatic rings. The third-order valence-electron chi connectivity index (χ3n) is 2.65. The van der Waals surface area contributed by atoms with Gasteiger partial charge in [0, 0.05) is 27.8 Å². The average Bonchev–Trinajstić information content (AvgIpc) is 2.25. The van der Waals surface area contributed by atoms with Gasteiger partial charge in [-0.25, -0.2) is 0 Å². The van der Waals surface area contributed by atoms with Crippen molar-refractivity contribution in [3.63, 3.8) is 0 Å². The number of rotatable bonds is 2. The van der Waals surface area contributed by atoms with Gasteiger partial charge < -0.3 is 9.67 Å². The van der Waals surface area contributed by atoms with Crippen LogP contribution in [0.2, 0.25) is 0 Å². The lowest BCUT2D eigenvalue weighted by atomic mass is 10.1. The second-order valence-electron chi connectivity index (χ2n) is 3.79. The molecule has 0 saturated carbocycles. The van der Waals surface area contributed by atoms with E-state index in [9.17, 15) is 9.59 Å². The molecule has 2 rings (SSSR count). The highest BCUT2D eigenvalue weighted by Gasteiger charge is 2.09. The number of hydrogen-bond acceptors (Lipinski definition) is 2. The second kappa shape index (κ2) is 4.48. The van der Waals surface area contributed by atoms with Crippen LogP contribution in [0.5, 0.6) is 0 Å². The minimum Gasteiger partial charge on any atom is -0.481 e. The minimum absolute atomic E-state index is 0.132. The summed E-state index contributed by atoms with van der Waals surface area (Å²) in [6, 6.07) is 6.94. The fraction of sp³-hybridized carbons (Fsp3) is 0.167. The number of nitrogens with zero attached hydrogens (tertiary/aromatic N) is 1. The molecular weight excluding hydrogens is 333 g/mol. The van der Waals surface area contributed by atoms with Crippen LogP contribution in [0.25, 0.3) is 10.9 Å². The zero-order valence-corrected chi connectivity index (χ0v) is 11.3. The maximum Gasteiger partial charge on any atom is 0.309 e. The number of carboxylic acid groups (broad SMARTS) is 1. The van der Waals surface area contributed by atoms with Crippen LogP contribution in [-0.4, -0.2) is 15.6 Å². The van der Waals surface area contributed by atoms with E-state index in [1.165, 1.54) is 6.07 Å². The van der Waals surface area contributed by atoms with Gasteiger partial charge in [0.1, 0.15) is 0 Å². The Balaban J connectivity index is 2.76. The van der Waals surface area contributed by atoms with Gasteiger partial charge in [-0.15, -0.1) is 0 Å². The Kier molecular flexibility index (Phi) is 3.19. The maximum atomic E-state index is 11.9. The molecule has 0 radical (unpaired) electrons.